The summed E-state index contributed by atoms with van der Waals surface area (Å²) in [6.45, 7) is 39.4. The van der Waals surface area contributed by atoms with Gasteiger partial charge in [0.2, 0.25) is 0 Å². The van der Waals surface area contributed by atoms with Gasteiger partial charge in [0.15, 0.2) is 0 Å². The third kappa shape index (κ3) is 5.20. The maximum absolute atomic E-state index is 2.75. The molecule has 0 aromatic rings. The number of hydrogen-bond acceptors (Lipinski definition) is 0. The van der Waals surface area contributed by atoms with Gasteiger partial charge in [-0.1, -0.05) is 139 Å². The van der Waals surface area contributed by atoms with Gasteiger partial charge in [-0.25, -0.2) is 7.35 Å². The molecule has 5 heteroatoms. The van der Waals surface area contributed by atoms with E-state index in [1.54, 1.807) is 0 Å². The van der Waals surface area contributed by atoms with Crippen LogP contribution in [0.25, 0.3) is 0 Å². The van der Waals surface area contributed by atoms with Crippen molar-refractivity contribution in [1.29, 1.82) is 0 Å². The summed E-state index contributed by atoms with van der Waals surface area (Å²) in [5.74, 6) is 0. The first-order valence-electron chi connectivity index (χ1n) is 9.00. The first-order valence-corrected chi connectivity index (χ1v) is 22.5. The summed E-state index contributed by atoms with van der Waals surface area (Å²) in [4.78, 5) is 0. The van der Waals surface area contributed by atoms with E-state index in [0.717, 1.165) is 0 Å². The van der Waals surface area contributed by atoms with Crippen molar-refractivity contribution in [1.82, 2.24) is 0 Å². The molecule has 0 unspecified atom stereocenters. The van der Waals surface area contributed by atoms with Gasteiger partial charge >= 0.3 is 29.6 Å². The smallest absolute Gasteiger partial charge is 0.249 e. The van der Waals surface area contributed by atoms with Crippen LogP contribution in [0.2, 0.25) is 54.4 Å². The summed E-state index contributed by atoms with van der Waals surface area (Å²) < 4.78 is 0. The first kappa shape index (κ1) is 27.1. The third-order valence-electron chi connectivity index (χ3n) is 7.50. The standard InChI is InChI=1S/C18H45Si4.Na/c1-16(2,3)20(10,11)19(21(12,13)17(4,5)6)22(14,15)18(7,8)9;/h1-15H3;/q-1;+1. The van der Waals surface area contributed by atoms with E-state index in [9.17, 15) is 0 Å². The Morgan fingerprint density at radius 2 is 0.565 bits per heavy atom. The molecular weight excluding hydrogens is 352 g/mol. The van der Waals surface area contributed by atoms with Crippen molar-refractivity contribution in [2.45, 2.75) is 117 Å². The largest absolute Gasteiger partial charge is 1.00 e. The molecule has 0 aromatic heterocycles. The second-order valence-corrected chi connectivity index (χ2v) is 47.2. The summed E-state index contributed by atoms with van der Waals surface area (Å²) >= 11 is 0. The fourth-order valence-corrected chi connectivity index (χ4v) is 93.7. The Balaban J connectivity index is 0. The van der Waals surface area contributed by atoms with E-state index in [-0.39, 0.29) is 36.9 Å². The fourth-order valence-electron chi connectivity index (χ4n) is 3.47. The van der Waals surface area contributed by atoms with Gasteiger partial charge in [-0.2, -0.15) is 0 Å². The van der Waals surface area contributed by atoms with Crippen molar-refractivity contribution >= 4 is 30.1 Å². The number of hydrogen-bond donors (Lipinski definition) is 0. The zero-order valence-corrected chi connectivity index (χ0v) is 25.5. The Morgan fingerprint density at radius 3 is 0.652 bits per heavy atom. The van der Waals surface area contributed by atoms with E-state index in [1.165, 1.54) is 0 Å². The van der Waals surface area contributed by atoms with E-state index >= 15 is 0 Å². The summed E-state index contributed by atoms with van der Waals surface area (Å²) in [7, 11) is -4.23. The fraction of sp³-hybridized carbons (Fsp3) is 1.00. The summed E-state index contributed by atoms with van der Waals surface area (Å²) in [6, 6.07) is 0. The zero-order chi connectivity index (χ0) is 18.6. The van der Waals surface area contributed by atoms with Crippen LogP contribution >= 0.6 is 0 Å². The van der Waals surface area contributed by atoms with Crippen molar-refractivity contribution < 1.29 is 29.6 Å². The second-order valence-electron chi connectivity index (χ2n) is 12.0. The minimum absolute atomic E-state index is 0. The van der Waals surface area contributed by atoms with E-state index in [4.69, 9.17) is 0 Å². The van der Waals surface area contributed by atoms with Gasteiger partial charge < -0.3 is 0 Å². The Kier molecular flexibility index (Phi) is 8.80. The van der Waals surface area contributed by atoms with Crippen LogP contribution in [0.1, 0.15) is 62.3 Å². The van der Waals surface area contributed by atoms with Crippen LogP contribution in [0, 0.1) is 0 Å². The SMILES string of the molecule is CC(C)(C)[Si](C)(C)[Si-]([Si](C)(C)C(C)(C)C)[Si](C)(C)C(C)(C)C.[Na+]. The van der Waals surface area contributed by atoms with Crippen LogP contribution < -0.4 is 29.6 Å². The minimum Gasteiger partial charge on any atom is -0.249 e. The number of rotatable bonds is 3. The molecule has 0 spiro atoms. The van der Waals surface area contributed by atoms with Crippen molar-refractivity contribution in [3.8, 4) is 0 Å². The molecule has 0 aliphatic carbocycles. The van der Waals surface area contributed by atoms with Gasteiger partial charge in [-0.05, 0) is 0 Å². The molecule has 23 heavy (non-hydrogen) atoms. The normalized spacial score (nSPS) is 15.7. The molecule has 0 bridgehead atoms. The maximum Gasteiger partial charge on any atom is 1.00 e. The van der Waals surface area contributed by atoms with E-state index in [2.05, 4.69) is 102 Å². The molecule has 0 aliphatic rings. The molecule has 0 fully saturated rings. The third-order valence-corrected chi connectivity index (χ3v) is 74.2. The Morgan fingerprint density at radius 1 is 0.435 bits per heavy atom. The predicted octanol–water partition coefficient (Wildman–Crippen LogP) is 4.25. The minimum atomic E-state index is -1.30. The molecule has 0 rings (SSSR count). The van der Waals surface area contributed by atoms with Crippen molar-refractivity contribution in [3.63, 3.8) is 0 Å². The monoisotopic (exact) mass is 396 g/mol. The van der Waals surface area contributed by atoms with Gasteiger partial charge in [-0.15, -0.1) is 0 Å². The molecule has 0 radical (unpaired) electrons. The van der Waals surface area contributed by atoms with Gasteiger partial charge in [0.25, 0.3) is 0 Å². The van der Waals surface area contributed by atoms with Crippen molar-refractivity contribution in [3.05, 3.63) is 0 Å². The summed E-state index contributed by atoms with van der Waals surface area (Å²) in [5.41, 5.74) is 0. The predicted molar refractivity (Wildman–Crippen MR) is 117 cm³/mol. The van der Waals surface area contributed by atoms with E-state index in [1.807, 2.05) is 0 Å². The molecule has 0 amide bonds. The molecule has 0 nitrogen and oxygen atoms in total. The van der Waals surface area contributed by atoms with Crippen LogP contribution in [0.4, 0.5) is 0 Å². The van der Waals surface area contributed by atoms with Gasteiger partial charge in [0.05, 0.1) is 0 Å². The van der Waals surface area contributed by atoms with Gasteiger partial charge in [-0.3, -0.25) is 0 Å². The average Bonchev–Trinajstić information content (AvgIpc) is 2.09. The quantitative estimate of drug-likeness (QED) is 0.626. The first-order chi connectivity index (χ1) is 9.12. The van der Waals surface area contributed by atoms with Gasteiger partial charge in [0, 0.05) is 0 Å². The van der Waals surface area contributed by atoms with Crippen LogP contribution in [-0.2, 0) is 0 Å². The van der Waals surface area contributed by atoms with E-state index in [0.29, 0.717) is 15.1 Å². The molecule has 0 aliphatic heterocycles. The van der Waals surface area contributed by atoms with E-state index < -0.39 is 22.8 Å². The Hall–Kier alpha value is 1.87. The molecule has 134 valence electrons. The zero-order valence-electron chi connectivity index (χ0n) is 19.5. The van der Waals surface area contributed by atoms with Crippen LogP contribution in [0.3, 0.4) is 0 Å². The Bertz CT molecular complexity index is 331. The molecule has 0 N–H and O–H groups in total. The molecule has 0 atom stereocenters. The molecule has 0 saturated carbocycles. The van der Waals surface area contributed by atoms with Gasteiger partial charge in [0.1, 0.15) is 0 Å². The molecule has 0 aromatic carbocycles. The average molecular weight is 397 g/mol. The molecule has 0 saturated heterocycles. The summed E-state index contributed by atoms with van der Waals surface area (Å²) in [6.07, 6.45) is 0. The van der Waals surface area contributed by atoms with Crippen molar-refractivity contribution in [2.75, 3.05) is 0 Å². The summed E-state index contributed by atoms with van der Waals surface area (Å²) in [5, 5.41) is 1.56. The Labute approximate surface area is 175 Å². The molecule has 0 heterocycles. The maximum atomic E-state index is 2.75. The molecular formula is C18H45NaSi4. The van der Waals surface area contributed by atoms with Crippen LogP contribution in [0.5, 0.6) is 0 Å². The van der Waals surface area contributed by atoms with Crippen LogP contribution in [0.15, 0.2) is 0 Å². The van der Waals surface area contributed by atoms with Crippen LogP contribution in [-0.4, -0.2) is 30.1 Å². The second kappa shape index (κ2) is 7.47. The topological polar surface area (TPSA) is 0 Å². The van der Waals surface area contributed by atoms with Crippen molar-refractivity contribution in [2.24, 2.45) is 0 Å².